The van der Waals surface area contributed by atoms with E-state index in [1.165, 1.54) is 23.1 Å². The topological polar surface area (TPSA) is 51.8 Å². The molecule has 0 aliphatic rings. The molecule has 0 aliphatic carbocycles. The van der Waals surface area contributed by atoms with E-state index in [-0.39, 0.29) is 36.1 Å². The molecule has 4 aromatic heterocycles. The maximum absolute atomic E-state index is 7.68. The smallest absolute Gasteiger partial charge is 0.498 e. The van der Waals surface area contributed by atoms with E-state index < -0.39 is 13.7 Å². The Morgan fingerprint density at radius 2 is 1.73 bits per heavy atom. The Morgan fingerprint density at radius 1 is 0.854 bits per heavy atom. The number of benzene rings is 3. The first-order valence-corrected chi connectivity index (χ1v) is 13.6. The van der Waals surface area contributed by atoms with Crippen molar-refractivity contribution in [3.05, 3.63) is 113 Å². The minimum absolute atomic E-state index is 0. The number of rotatable bonds is 2. The number of nitrogens with zero attached hydrogens (tertiary/aromatic N) is 3. The summed E-state index contributed by atoms with van der Waals surface area (Å²) in [6, 6.07) is 28.9. The summed E-state index contributed by atoms with van der Waals surface area (Å²) in [5.74, 6) is 0. The van der Waals surface area contributed by atoms with Crippen molar-refractivity contribution in [3.63, 3.8) is 0 Å². The molecule has 0 unspecified atom stereocenters. The van der Waals surface area contributed by atoms with Gasteiger partial charge in [-0.2, -0.15) is 0 Å². The second-order valence-corrected chi connectivity index (χ2v) is 11.4. The Kier molecular flexibility index (Phi) is 6.24. The summed E-state index contributed by atoms with van der Waals surface area (Å²) in [5.41, 5.74) is 6.47. The van der Waals surface area contributed by atoms with Crippen LogP contribution in [-0.2, 0) is 25.5 Å². The molecule has 0 bridgehead atoms. The largest absolute Gasteiger partial charge is 3.00 e. The van der Waals surface area contributed by atoms with E-state index >= 15 is 0 Å². The number of hydrogen-bond donors (Lipinski definition) is 0. The van der Waals surface area contributed by atoms with Crippen LogP contribution >= 0.6 is 11.3 Å². The normalized spacial score (nSPS) is 14.1. The number of hydrogen-bond acceptors (Lipinski definition) is 5. The number of thiazole rings is 1. The van der Waals surface area contributed by atoms with Gasteiger partial charge in [-0.3, -0.25) is 0 Å². The molecule has 7 rings (SSSR count). The fourth-order valence-electron chi connectivity index (χ4n) is 4.52. The Hall–Kier alpha value is -3.70. The van der Waals surface area contributed by atoms with E-state index in [4.69, 9.17) is 12.6 Å². The Bertz CT molecular complexity index is 2170. The predicted molar refractivity (Wildman–Crippen MR) is 166 cm³/mol. The molecule has 4 heterocycles. The van der Waals surface area contributed by atoms with Crippen LogP contribution in [-0.4, -0.2) is 15.0 Å². The van der Waals surface area contributed by atoms with Gasteiger partial charge in [0.05, 0.1) is 15.3 Å². The van der Waals surface area contributed by atoms with Crippen LogP contribution in [0.2, 0.25) is 0 Å². The van der Waals surface area contributed by atoms with Gasteiger partial charge in [-0.05, 0) is 53.8 Å². The molecule has 0 N–H and O–H groups in total. The molecule has 0 fully saturated rings. The summed E-state index contributed by atoms with van der Waals surface area (Å²) < 4.78 is 51.8. The SMILES string of the molecule is [2H]C([2H])([2H])c1ccc(-c2[c-]cccc2)nc1.[2H]C([2H])([2H])c1nc2c(ccc3c4cc[c-]c(-c5cc(C(C)(C)C)ccn5)c4oc32)s1.[Ir+3]. The zero-order valence-corrected chi connectivity index (χ0v) is 25.8. The van der Waals surface area contributed by atoms with Crippen LogP contribution in [0.4, 0.5) is 0 Å². The average Bonchev–Trinajstić information content (AvgIpc) is 3.63. The molecule has 0 radical (unpaired) electrons. The van der Waals surface area contributed by atoms with Gasteiger partial charge in [-0.25, -0.2) is 4.98 Å². The first-order valence-electron chi connectivity index (χ1n) is 15.8. The van der Waals surface area contributed by atoms with Crippen molar-refractivity contribution in [3.8, 4) is 22.5 Å². The summed E-state index contributed by atoms with van der Waals surface area (Å²) in [6.07, 6.45) is 3.20. The predicted octanol–water partition coefficient (Wildman–Crippen LogP) is 9.52. The van der Waals surface area contributed by atoms with Crippen molar-refractivity contribution >= 4 is 43.5 Å². The van der Waals surface area contributed by atoms with E-state index in [9.17, 15) is 0 Å². The van der Waals surface area contributed by atoms with E-state index in [0.717, 1.165) is 38.0 Å². The van der Waals surface area contributed by atoms with Crippen molar-refractivity contribution in [2.75, 3.05) is 0 Å². The zero-order chi connectivity index (χ0) is 32.9. The van der Waals surface area contributed by atoms with Gasteiger partial charge in [0.15, 0.2) is 0 Å². The molecule has 4 nitrogen and oxygen atoms in total. The van der Waals surface area contributed by atoms with E-state index in [0.29, 0.717) is 16.7 Å². The van der Waals surface area contributed by atoms with E-state index in [1.807, 2.05) is 54.7 Å². The standard InChI is InChI=1S/C23H19N2OS.C12H10N.Ir/c1-13-25-20-19(27-13)9-8-16-15-6-5-7-17(21(15)26-22(16)20)18-12-14(10-11-24-18)23(2,3)4;1-10-7-8-12(13-9-10)11-5-3-2-4-6-11;/h5-6,8-12H,1-4H3;2-5,7-9H,1H3;/q2*-1;+3/i2*1D3;. The monoisotopic (exact) mass is 738 g/mol. The molecular formula is C35H29IrN3OS+. The maximum atomic E-state index is 7.68. The zero-order valence-electron chi connectivity index (χ0n) is 28.6. The van der Waals surface area contributed by atoms with E-state index in [1.54, 1.807) is 18.2 Å². The summed E-state index contributed by atoms with van der Waals surface area (Å²) in [6.45, 7) is 2.17. The van der Waals surface area contributed by atoms with Crippen LogP contribution in [0.15, 0.2) is 89.6 Å². The molecule has 0 spiro atoms. The molecule has 0 atom stereocenters. The number of aromatic nitrogens is 3. The number of furan rings is 1. The van der Waals surface area contributed by atoms with Crippen molar-refractivity contribution in [1.82, 2.24) is 15.0 Å². The first-order chi connectivity index (χ1) is 21.7. The molecule has 7 aromatic rings. The maximum Gasteiger partial charge on any atom is 3.00 e. The van der Waals surface area contributed by atoms with Gasteiger partial charge in [0.1, 0.15) is 11.1 Å². The fourth-order valence-corrected chi connectivity index (χ4v) is 5.24. The first kappa shape index (κ1) is 22.0. The van der Waals surface area contributed by atoms with Gasteiger partial charge in [-0.1, -0.05) is 56.0 Å². The van der Waals surface area contributed by atoms with Crippen LogP contribution in [0.3, 0.4) is 0 Å². The van der Waals surface area contributed by atoms with Gasteiger partial charge in [-0.15, -0.1) is 65.4 Å². The van der Waals surface area contributed by atoms with Gasteiger partial charge in [0, 0.05) is 26.0 Å². The van der Waals surface area contributed by atoms with Gasteiger partial charge in [0.2, 0.25) is 0 Å². The molecule has 0 amide bonds. The quantitative estimate of drug-likeness (QED) is 0.166. The van der Waals surface area contributed by atoms with Crippen molar-refractivity contribution < 1.29 is 32.7 Å². The van der Waals surface area contributed by atoms with Gasteiger partial charge >= 0.3 is 20.1 Å². The molecule has 0 saturated carbocycles. The Morgan fingerprint density at radius 3 is 2.46 bits per heavy atom. The minimum atomic E-state index is -2.24. The molecule has 41 heavy (non-hydrogen) atoms. The molecule has 6 heteroatoms. The third kappa shape index (κ3) is 5.87. The van der Waals surface area contributed by atoms with Crippen molar-refractivity contribution in [1.29, 1.82) is 0 Å². The van der Waals surface area contributed by atoms with Gasteiger partial charge in [0.25, 0.3) is 0 Å². The number of fused-ring (bicyclic) bond motifs is 5. The molecule has 3 aromatic carbocycles. The average molecular weight is 738 g/mol. The van der Waals surface area contributed by atoms with Crippen LogP contribution in [0.25, 0.3) is 54.7 Å². The Balaban J connectivity index is 0.000000217. The molecule has 0 aliphatic heterocycles. The third-order valence-corrected chi connectivity index (χ3v) is 7.42. The van der Waals surface area contributed by atoms with Crippen LogP contribution in [0, 0.1) is 25.8 Å². The van der Waals surface area contributed by atoms with Crippen molar-refractivity contribution in [2.24, 2.45) is 0 Å². The number of aryl methyl sites for hydroxylation is 2. The molecule has 0 saturated heterocycles. The van der Waals surface area contributed by atoms with Crippen LogP contribution < -0.4 is 0 Å². The second kappa shape index (κ2) is 11.7. The summed E-state index contributed by atoms with van der Waals surface area (Å²) in [5, 5.41) is 1.96. The molecule has 204 valence electrons. The summed E-state index contributed by atoms with van der Waals surface area (Å²) in [4.78, 5) is 13.1. The van der Waals surface area contributed by atoms with E-state index in [2.05, 4.69) is 53.9 Å². The Labute approximate surface area is 266 Å². The van der Waals surface area contributed by atoms with Crippen LogP contribution in [0.5, 0.6) is 0 Å². The van der Waals surface area contributed by atoms with Gasteiger partial charge < -0.3 is 14.4 Å². The van der Waals surface area contributed by atoms with Crippen LogP contribution in [0.1, 0.15) is 45.1 Å². The second-order valence-electron chi connectivity index (χ2n) is 10.4. The summed E-state index contributed by atoms with van der Waals surface area (Å²) in [7, 11) is 0. The fraction of sp³-hybridized carbons (Fsp3) is 0.171. The third-order valence-electron chi connectivity index (χ3n) is 6.59. The minimum Gasteiger partial charge on any atom is -0.498 e. The summed E-state index contributed by atoms with van der Waals surface area (Å²) >= 11 is 1.18. The molecular weight excluding hydrogens is 703 g/mol. The number of pyridine rings is 2. The van der Waals surface area contributed by atoms with Crippen molar-refractivity contribution in [2.45, 2.75) is 39.9 Å².